The summed E-state index contributed by atoms with van der Waals surface area (Å²) in [5.74, 6) is 0. The number of hydrogen-bond acceptors (Lipinski definition) is 1. The molecule has 0 aliphatic rings. The zero-order valence-electron chi connectivity index (χ0n) is 9.57. The van der Waals surface area contributed by atoms with Crippen LogP contribution in [0, 0.1) is 0 Å². The van der Waals surface area contributed by atoms with Crippen LogP contribution in [0.3, 0.4) is 0 Å². The fraction of sp³-hybridized carbons (Fsp3) is 0.385. The van der Waals surface area contributed by atoms with Crippen LogP contribution in [0.4, 0.5) is 0 Å². The average molecular weight is 202 g/mol. The lowest BCUT2D eigenvalue weighted by atomic mass is 10.1. The Hall–Kier alpha value is -1.28. The van der Waals surface area contributed by atoms with Gasteiger partial charge in [-0.3, -0.25) is 0 Å². The van der Waals surface area contributed by atoms with E-state index in [-0.39, 0.29) is 6.04 Å². The van der Waals surface area contributed by atoms with Crippen molar-refractivity contribution in [2.24, 2.45) is 5.73 Å². The number of rotatable bonds is 2. The van der Waals surface area contributed by atoms with Crippen molar-refractivity contribution in [3.63, 3.8) is 0 Å². The average Bonchev–Trinajstić information content (AvgIpc) is 2.60. The maximum absolute atomic E-state index is 5.99. The highest BCUT2D eigenvalue weighted by Crippen LogP contribution is 2.26. The first-order chi connectivity index (χ1) is 7.11. The molecule has 0 aliphatic carbocycles. The molecule has 2 nitrogen and oxygen atoms in total. The van der Waals surface area contributed by atoms with E-state index >= 15 is 0 Å². The third-order valence-corrected chi connectivity index (χ3v) is 2.82. The molecule has 0 bridgehead atoms. The van der Waals surface area contributed by atoms with Gasteiger partial charge in [0.15, 0.2) is 0 Å². The highest BCUT2D eigenvalue weighted by Gasteiger charge is 2.10. The maximum atomic E-state index is 5.99. The van der Waals surface area contributed by atoms with Gasteiger partial charge in [-0.2, -0.15) is 0 Å². The van der Waals surface area contributed by atoms with Crippen LogP contribution in [0.25, 0.3) is 10.9 Å². The Bertz CT molecular complexity index is 466. The van der Waals surface area contributed by atoms with Gasteiger partial charge in [0.25, 0.3) is 0 Å². The quantitative estimate of drug-likeness (QED) is 0.796. The molecule has 1 heterocycles. The first kappa shape index (κ1) is 10.2. The molecule has 2 rings (SSSR count). The zero-order chi connectivity index (χ0) is 11.0. The fourth-order valence-corrected chi connectivity index (χ4v) is 2.05. The van der Waals surface area contributed by atoms with Gasteiger partial charge < -0.3 is 10.3 Å². The van der Waals surface area contributed by atoms with Crippen LogP contribution in [0.2, 0.25) is 0 Å². The van der Waals surface area contributed by atoms with E-state index in [0.717, 1.165) is 0 Å². The second kappa shape index (κ2) is 3.70. The molecule has 2 N–H and O–H groups in total. The summed E-state index contributed by atoms with van der Waals surface area (Å²) in [4.78, 5) is 0. The normalized spacial score (nSPS) is 13.7. The van der Waals surface area contributed by atoms with Gasteiger partial charge in [-0.05, 0) is 37.8 Å². The summed E-state index contributed by atoms with van der Waals surface area (Å²) >= 11 is 0. The van der Waals surface area contributed by atoms with Crippen molar-refractivity contribution in [3.05, 3.63) is 36.0 Å². The van der Waals surface area contributed by atoms with Crippen molar-refractivity contribution >= 4 is 10.9 Å². The fourth-order valence-electron chi connectivity index (χ4n) is 2.05. The van der Waals surface area contributed by atoms with Gasteiger partial charge in [0.1, 0.15) is 0 Å². The lowest BCUT2D eigenvalue weighted by molar-refractivity contribution is 0.619. The van der Waals surface area contributed by atoms with Crippen molar-refractivity contribution in [2.45, 2.75) is 32.9 Å². The molecular formula is C13H18N2. The third-order valence-electron chi connectivity index (χ3n) is 2.82. The minimum atomic E-state index is 0.0844. The molecule has 0 aliphatic heterocycles. The number of hydrogen-bond donors (Lipinski definition) is 1. The van der Waals surface area contributed by atoms with E-state index < -0.39 is 0 Å². The Balaban J connectivity index is 2.75. The number of para-hydroxylation sites is 1. The van der Waals surface area contributed by atoms with Crippen molar-refractivity contribution in [1.82, 2.24) is 4.57 Å². The first-order valence-electron chi connectivity index (χ1n) is 5.46. The van der Waals surface area contributed by atoms with E-state index in [1.54, 1.807) is 0 Å². The predicted molar refractivity (Wildman–Crippen MR) is 64.9 cm³/mol. The number of aromatic nitrogens is 1. The minimum absolute atomic E-state index is 0.0844. The minimum Gasteiger partial charge on any atom is -0.345 e. The Kier molecular flexibility index (Phi) is 2.53. The monoisotopic (exact) mass is 202 g/mol. The second-order valence-electron chi connectivity index (χ2n) is 4.39. The molecule has 2 heteroatoms. The standard InChI is InChI=1S/C13H18N2/c1-9(2)15-8-7-11-5-4-6-12(10(3)14)13(11)15/h4-10H,14H2,1-3H3. The molecule has 0 radical (unpaired) electrons. The third kappa shape index (κ3) is 1.65. The molecule has 1 aromatic carbocycles. The van der Waals surface area contributed by atoms with Gasteiger partial charge in [-0.25, -0.2) is 0 Å². The van der Waals surface area contributed by atoms with E-state index in [2.05, 4.69) is 48.9 Å². The summed E-state index contributed by atoms with van der Waals surface area (Å²) in [5, 5.41) is 1.28. The lowest BCUT2D eigenvalue weighted by Crippen LogP contribution is -2.08. The molecule has 15 heavy (non-hydrogen) atoms. The summed E-state index contributed by atoms with van der Waals surface area (Å²) in [6.45, 7) is 6.42. The Labute approximate surface area is 90.7 Å². The van der Waals surface area contributed by atoms with Gasteiger partial charge in [0, 0.05) is 18.3 Å². The van der Waals surface area contributed by atoms with Crippen LogP contribution in [-0.2, 0) is 0 Å². The molecule has 80 valence electrons. The van der Waals surface area contributed by atoms with Gasteiger partial charge in [-0.15, -0.1) is 0 Å². The molecule has 1 aromatic heterocycles. The maximum Gasteiger partial charge on any atom is 0.0530 e. The van der Waals surface area contributed by atoms with E-state index in [1.807, 2.05) is 6.92 Å². The topological polar surface area (TPSA) is 30.9 Å². The summed E-state index contributed by atoms with van der Waals surface area (Å²) < 4.78 is 2.29. The molecule has 0 amide bonds. The van der Waals surface area contributed by atoms with Crippen molar-refractivity contribution in [1.29, 1.82) is 0 Å². The smallest absolute Gasteiger partial charge is 0.0530 e. The molecular weight excluding hydrogens is 184 g/mol. The highest BCUT2D eigenvalue weighted by molar-refractivity contribution is 5.84. The Morgan fingerprint density at radius 3 is 2.47 bits per heavy atom. The van der Waals surface area contributed by atoms with Crippen molar-refractivity contribution < 1.29 is 0 Å². The zero-order valence-corrected chi connectivity index (χ0v) is 9.57. The molecule has 0 fully saturated rings. The number of benzene rings is 1. The molecule has 0 spiro atoms. The summed E-state index contributed by atoms with van der Waals surface area (Å²) in [6, 6.07) is 9.04. The predicted octanol–water partition coefficient (Wildman–Crippen LogP) is 3.24. The molecule has 1 unspecified atom stereocenters. The molecule has 0 saturated heterocycles. The van der Waals surface area contributed by atoms with E-state index in [9.17, 15) is 0 Å². The summed E-state index contributed by atoms with van der Waals surface area (Å²) in [5.41, 5.74) is 8.50. The SMILES string of the molecule is CC(N)c1cccc2ccn(C(C)C)c12. The molecule has 2 aromatic rings. The number of nitrogens with two attached hydrogens (primary N) is 1. The largest absolute Gasteiger partial charge is 0.345 e. The first-order valence-corrected chi connectivity index (χ1v) is 5.46. The van der Waals surface area contributed by atoms with Crippen LogP contribution < -0.4 is 5.73 Å². The van der Waals surface area contributed by atoms with Crippen molar-refractivity contribution in [3.8, 4) is 0 Å². The number of fused-ring (bicyclic) bond motifs is 1. The molecule has 0 saturated carbocycles. The van der Waals surface area contributed by atoms with Gasteiger partial charge in [-0.1, -0.05) is 18.2 Å². The summed E-state index contributed by atoms with van der Waals surface area (Å²) in [6.07, 6.45) is 2.14. The van der Waals surface area contributed by atoms with Crippen LogP contribution in [0.5, 0.6) is 0 Å². The van der Waals surface area contributed by atoms with E-state index in [4.69, 9.17) is 5.73 Å². The molecule has 1 atom stereocenters. The van der Waals surface area contributed by atoms with E-state index in [1.165, 1.54) is 16.5 Å². The van der Waals surface area contributed by atoms with Crippen LogP contribution in [0.15, 0.2) is 30.5 Å². The second-order valence-corrected chi connectivity index (χ2v) is 4.39. The Morgan fingerprint density at radius 2 is 1.87 bits per heavy atom. The Morgan fingerprint density at radius 1 is 1.13 bits per heavy atom. The number of nitrogens with zero attached hydrogens (tertiary/aromatic N) is 1. The van der Waals surface area contributed by atoms with Crippen LogP contribution in [-0.4, -0.2) is 4.57 Å². The van der Waals surface area contributed by atoms with E-state index in [0.29, 0.717) is 6.04 Å². The van der Waals surface area contributed by atoms with Crippen LogP contribution in [0.1, 0.15) is 38.4 Å². The van der Waals surface area contributed by atoms with Gasteiger partial charge in [0.2, 0.25) is 0 Å². The summed E-state index contributed by atoms with van der Waals surface area (Å²) in [7, 11) is 0. The van der Waals surface area contributed by atoms with Crippen molar-refractivity contribution in [2.75, 3.05) is 0 Å². The van der Waals surface area contributed by atoms with Crippen LogP contribution >= 0.6 is 0 Å². The van der Waals surface area contributed by atoms with Gasteiger partial charge >= 0.3 is 0 Å². The lowest BCUT2D eigenvalue weighted by Gasteiger charge is -2.14. The van der Waals surface area contributed by atoms with Gasteiger partial charge in [0.05, 0.1) is 5.52 Å². The highest BCUT2D eigenvalue weighted by atomic mass is 15.0.